The van der Waals surface area contributed by atoms with Gasteiger partial charge in [0.2, 0.25) is 5.91 Å². The van der Waals surface area contributed by atoms with Crippen LogP contribution in [0.2, 0.25) is 0 Å². The Morgan fingerprint density at radius 2 is 2.00 bits per heavy atom. The van der Waals surface area contributed by atoms with Crippen LogP contribution in [0, 0.1) is 5.82 Å². The Labute approximate surface area is 110 Å². The Kier molecular flexibility index (Phi) is 3.94. The van der Waals surface area contributed by atoms with E-state index in [1.165, 1.54) is 23.1 Å². The van der Waals surface area contributed by atoms with E-state index in [1.54, 1.807) is 18.2 Å². The van der Waals surface area contributed by atoms with Crippen molar-refractivity contribution in [3.63, 3.8) is 0 Å². The van der Waals surface area contributed by atoms with E-state index in [0.29, 0.717) is 24.9 Å². The topological polar surface area (TPSA) is 57.6 Å². The van der Waals surface area contributed by atoms with E-state index < -0.39 is 12.0 Å². The third-order valence-corrected chi connectivity index (χ3v) is 3.11. The van der Waals surface area contributed by atoms with Gasteiger partial charge in [0.1, 0.15) is 11.9 Å². The second-order valence-electron chi connectivity index (χ2n) is 4.41. The zero-order valence-electron chi connectivity index (χ0n) is 10.3. The molecular weight excluding hydrogens is 249 g/mol. The van der Waals surface area contributed by atoms with Crippen molar-refractivity contribution in [3.8, 4) is 0 Å². The van der Waals surface area contributed by atoms with Crippen LogP contribution in [-0.4, -0.2) is 34.5 Å². The van der Waals surface area contributed by atoms with Crippen molar-refractivity contribution in [1.82, 2.24) is 4.90 Å². The third-order valence-electron chi connectivity index (χ3n) is 3.11. The molecule has 0 spiro atoms. The van der Waals surface area contributed by atoms with Gasteiger partial charge in [-0.05, 0) is 36.6 Å². The number of carboxylic acid groups (broad SMARTS) is 1. The highest BCUT2D eigenvalue weighted by Gasteiger charge is 2.32. The van der Waals surface area contributed by atoms with Gasteiger partial charge in [-0.25, -0.2) is 9.18 Å². The molecule has 100 valence electrons. The third kappa shape index (κ3) is 3.19. The van der Waals surface area contributed by atoms with E-state index in [2.05, 4.69) is 0 Å². The highest BCUT2D eigenvalue weighted by Crippen LogP contribution is 2.18. The molecule has 4 nitrogen and oxygen atoms in total. The number of hydrogen-bond donors (Lipinski definition) is 1. The fourth-order valence-corrected chi connectivity index (χ4v) is 2.12. The van der Waals surface area contributed by atoms with Crippen molar-refractivity contribution in [3.05, 3.63) is 41.7 Å². The number of carbonyl (C=O) groups is 2. The summed E-state index contributed by atoms with van der Waals surface area (Å²) in [6.07, 6.45) is 4.08. The Balaban J connectivity index is 2.04. The van der Waals surface area contributed by atoms with E-state index in [1.807, 2.05) is 0 Å². The van der Waals surface area contributed by atoms with Gasteiger partial charge in [0.15, 0.2) is 0 Å². The van der Waals surface area contributed by atoms with Gasteiger partial charge in [0, 0.05) is 12.6 Å². The summed E-state index contributed by atoms with van der Waals surface area (Å²) in [5.41, 5.74) is 0.695. The normalized spacial score (nSPS) is 19.0. The van der Waals surface area contributed by atoms with E-state index in [4.69, 9.17) is 5.11 Å². The first kappa shape index (κ1) is 13.3. The second-order valence-corrected chi connectivity index (χ2v) is 4.41. The molecule has 1 aromatic rings. The standard InChI is InChI=1S/C14H14FNO3/c15-11-6-3-10(4-7-11)5-8-13(17)16-9-1-2-12(16)14(18)19/h3-8,12H,1-2,9H2,(H,18,19)/b8-5+. The minimum atomic E-state index is -0.971. The first-order valence-corrected chi connectivity index (χ1v) is 6.05. The number of nitrogens with zero attached hydrogens (tertiary/aromatic N) is 1. The maximum absolute atomic E-state index is 12.7. The van der Waals surface area contributed by atoms with Crippen LogP contribution in [0.3, 0.4) is 0 Å². The molecule has 0 radical (unpaired) electrons. The molecule has 0 aromatic heterocycles. The lowest BCUT2D eigenvalue weighted by molar-refractivity contribution is -0.146. The van der Waals surface area contributed by atoms with Crippen molar-refractivity contribution < 1.29 is 19.1 Å². The van der Waals surface area contributed by atoms with E-state index in [0.717, 1.165) is 0 Å². The molecule has 0 saturated carbocycles. The van der Waals surface area contributed by atoms with Crippen LogP contribution in [0.1, 0.15) is 18.4 Å². The monoisotopic (exact) mass is 263 g/mol. The van der Waals surface area contributed by atoms with Crippen molar-refractivity contribution in [2.75, 3.05) is 6.54 Å². The number of likely N-dealkylation sites (tertiary alicyclic amines) is 1. The molecule has 0 aliphatic carbocycles. The fraction of sp³-hybridized carbons (Fsp3) is 0.286. The van der Waals surface area contributed by atoms with Gasteiger partial charge in [0.05, 0.1) is 0 Å². The van der Waals surface area contributed by atoms with E-state index >= 15 is 0 Å². The van der Waals surface area contributed by atoms with Crippen LogP contribution >= 0.6 is 0 Å². The molecule has 1 heterocycles. The molecule has 1 fully saturated rings. The average Bonchev–Trinajstić information content (AvgIpc) is 2.87. The number of carboxylic acids is 1. The van der Waals surface area contributed by atoms with Crippen LogP contribution in [0.4, 0.5) is 4.39 Å². The Bertz CT molecular complexity index is 510. The summed E-state index contributed by atoms with van der Waals surface area (Å²) < 4.78 is 12.7. The molecule has 19 heavy (non-hydrogen) atoms. The molecule has 1 aliphatic rings. The zero-order chi connectivity index (χ0) is 13.8. The van der Waals surface area contributed by atoms with Crippen LogP contribution < -0.4 is 0 Å². The van der Waals surface area contributed by atoms with Crippen LogP contribution in [0.25, 0.3) is 6.08 Å². The number of amides is 1. The lowest BCUT2D eigenvalue weighted by atomic mass is 10.2. The number of hydrogen-bond acceptors (Lipinski definition) is 2. The van der Waals surface area contributed by atoms with Gasteiger partial charge in [0.25, 0.3) is 0 Å². The molecule has 1 unspecified atom stereocenters. The number of benzene rings is 1. The number of aliphatic carboxylic acids is 1. The fourth-order valence-electron chi connectivity index (χ4n) is 2.12. The van der Waals surface area contributed by atoms with Crippen molar-refractivity contribution >= 4 is 18.0 Å². The smallest absolute Gasteiger partial charge is 0.326 e. The predicted octanol–water partition coefficient (Wildman–Crippen LogP) is 1.91. The second kappa shape index (κ2) is 5.65. The van der Waals surface area contributed by atoms with Crippen LogP contribution in [-0.2, 0) is 9.59 Å². The summed E-state index contributed by atoms with van der Waals surface area (Å²) in [6, 6.07) is 4.99. The molecule has 1 atom stereocenters. The van der Waals surface area contributed by atoms with Gasteiger partial charge in [-0.3, -0.25) is 4.79 Å². The molecule has 1 amide bonds. The minimum absolute atomic E-state index is 0.325. The number of halogens is 1. The summed E-state index contributed by atoms with van der Waals surface area (Å²) in [5, 5.41) is 8.99. The van der Waals surface area contributed by atoms with Crippen molar-refractivity contribution in [2.45, 2.75) is 18.9 Å². The van der Waals surface area contributed by atoms with Gasteiger partial charge in [-0.2, -0.15) is 0 Å². The van der Waals surface area contributed by atoms with Gasteiger partial charge in [-0.1, -0.05) is 12.1 Å². The summed E-state index contributed by atoms with van der Waals surface area (Å²) in [5.74, 6) is -1.63. The lowest BCUT2D eigenvalue weighted by Crippen LogP contribution is -2.39. The lowest BCUT2D eigenvalue weighted by Gasteiger charge is -2.19. The SMILES string of the molecule is O=C(O)C1CCCN1C(=O)/C=C/c1ccc(F)cc1. The molecule has 1 aromatic carbocycles. The maximum Gasteiger partial charge on any atom is 0.326 e. The zero-order valence-corrected chi connectivity index (χ0v) is 10.3. The van der Waals surface area contributed by atoms with Gasteiger partial charge >= 0.3 is 5.97 Å². The number of rotatable bonds is 3. The average molecular weight is 263 g/mol. The van der Waals surface area contributed by atoms with Crippen LogP contribution in [0.5, 0.6) is 0 Å². The van der Waals surface area contributed by atoms with Gasteiger partial charge < -0.3 is 10.0 Å². The predicted molar refractivity (Wildman–Crippen MR) is 67.8 cm³/mol. The first-order valence-electron chi connectivity index (χ1n) is 6.05. The Morgan fingerprint density at radius 1 is 1.32 bits per heavy atom. The summed E-state index contributed by atoms with van der Waals surface area (Å²) in [6.45, 7) is 0.462. The number of carbonyl (C=O) groups excluding carboxylic acids is 1. The summed E-state index contributed by atoms with van der Waals surface area (Å²) in [4.78, 5) is 24.2. The van der Waals surface area contributed by atoms with Gasteiger partial charge in [-0.15, -0.1) is 0 Å². The van der Waals surface area contributed by atoms with Crippen LogP contribution in [0.15, 0.2) is 30.3 Å². The molecule has 2 rings (SSSR count). The van der Waals surface area contributed by atoms with E-state index in [-0.39, 0.29) is 11.7 Å². The van der Waals surface area contributed by atoms with Crippen molar-refractivity contribution in [1.29, 1.82) is 0 Å². The summed E-state index contributed by atoms with van der Waals surface area (Å²) >= 11 is 0. The van der Waals surface area contributed by atoms with Crippen molar-refractivity contribution in [2.24, 2.45) is 0 Å². The molecule has 5 heteroatoms. The first-order chi connectivity index (χ1) is 9.08. The highest BCUT2D eigenvalue weighted by molar-refractivity contribution is 5.94. The largest absolute Gasteiger partial charge is 0.480 e. The molecule has 1 N–H and O–H groups in total. The molecule has 1 aliphatic heterocycles. The highest BCUT2D eigenvalue weighted by atomic mass is 19.1. The quantitative estimate of drug-likeness (QED) is 0.847. The Hall–Kier alpha value is -2.17. The minimum Gasteiger partial charge on any atom is -0.480 e. The Morgan fingerprint density at radius 3 is 2.63 bits per heavy atom. The molecular formula is C14H14FNO3. The summed E-state index contributed by atoms with van der Waals surface area (Å²) in [7, 11) is 0. The van der Waals surface area contributed by atoms with E-state index in [9.17, 15) is 14.0 Å². The molecule has 1 saturated heterocycles. The molecule has 0 bridgehead atoms. The maximum atomic E-state index is 12.7.